The summed E-state index contributed by atoms with van der Waals surface area (Å²) in [4.78, 5) is 43.8. The molecule has 1 saturated heterocycles. The fourth-order valence-corrected chi connectivity index (χ4v) is 7.57. The number of carbonyl (C=O) groups excluding carboxylic acids is 3. The number of rotatable bonds is 17. The third-order valence-electron chi connectivity index (χ3n) is 9.03. The van der Waals surface area contributed by atoms with Crippen molar-refractivity contribution in [2.45, 2.75) is 121 Å². The van der Waals surface area contributed by atoms with E-state index in [1.54, 1.807) is 28.8 Å². The zero-order valence-corrected chi connectivity index (χ0v) is 29.5. The van der Waals surface area contributed by atoms with E-state index in [1.165, 1.54) is 6.42 Å². The molecule has 1 aliphatic heterocycles. The van der Waals surface area contributed by atoms with E-state index in [0.717, 1.165) is 69.1 Å². The molecule has 3 amide bonds. The van der Waals surface area contributed by atoms with Crippen LogP contribution in [-0.4, -0.2) is 58.8 Å². The van der Waals surface area contributed by atoms with Crippen LogP contribution in [0.5, 0.6) is 5.75 Å². The lowest BCUT2D eigenvalue weighted by Gasteiger charge is -2.43. The van der Waals surface area contributed by atoms with Crippen molar-refractivity contribution in [3.8, 4) is 5.75 Å². The van der Waals surface area contributed by atoms with Gasteiger partial charge in [-0.15, -0.1) is 0 Å². The van der Waals surface area contributed by atoms with Crippen LogP contribution in [-0.2, 0) is 27.4 Å². The van der Waals surface area contributed by atoms with Gasteiger partial charge in [0.2, 0.25) is 17.7 Å². The second kappa shape index (κ2) is 18.8. The molecule has 2 aromatic carbocycles. The molecule has 3 atom stereocenters. The van der Waals surface area contributed by atoms with Crippen molar-refractivity contribution in [1.82, 2.24) is 15.5 Å². The molecule has 0 aromatic heterocycles. The number of nitrogens with zero attached hydrogens (tertiary/aromatic N) is 1. The fourth-order valence-electron chi connectivity index (χ4n) is 6.50. The van der Waals surface area contributed by atoms with E-state index in [1.807, 2.05) is 36.6 Å². The maximum absolute atomic E-state index is 14.4. The number of unbranched alkanes of at least 4 members (excludes halogenated alkanes) is 3. The van der Waals surface area contributed by atoms with Crippen molar-refractivity contribution in [1.29, 1.82) is 0 Å². The Kier molecular flexibility index (Phi) is 14.9. The van der Waals surface area contributed by atoms with E-state index >= 15 is 0 Å². The predicted octanol–water partition coefficient (Wildman–Crippen LogP) is 7.74. The van der Waals surface area contributed by atoms with Crippen LogP contribution < -0.4 is 15.4 Å². The van der Waals surface area contributed by atoms with Gasteiger partial charge in [-0.1, -0.05) is 105 Å². The Morgan fingerprint density at radius 3 is 2.43 bits per heavy atom. The Balaban J connectivity index is 1.57. The van der Waals surface area contributed by atoms with Crippen molar-refractivity contribution >= 4 is 52.7 Å². The number of thioether (sulfide) groups is 1. The number of benzene rings is 2. The second-order valence-corrected chi connectivity index (χ2v) is 14.3. The molecule has 4 rings (SSSR count). The van der Waals surface area contributed by atoms with Gasteiger partial charge in [0.1, 0.15) is 30.5 Å². The summed E-state index contributed by atoms with van der Waals surface area (Å²) in [6.45, 7) is 2.51. The third-order valence-corrected chi connectivity index (χ3v) is 10.4. The average molecular weight is 691 g/mol. The molecule has 2 aromatic rings. The quantitative estimate of drug-likeness (QED) is 0.166. The van der Waals surface area contributed by atoms with Crippen molar-refractivity contribution in [3.05, 3.63) is 63.6 Å². The summed E-state index contributed by atoms with van der Waals surface area (Å²) in [5.74, 6) is 0.753. The van der Waals surface area contributed by atoms with Crippen LogP contribution in [0.2, 0.25) is 10.0 Å². The highest BCUT2D eigenvalue weighted by Gasteiger charge is 2.46. The molecular formula is C36H49Cl2N3O4S. The van der Waals surface area contributed by atoms with E-state index in [4.69, 9.17) is 27.9 Å². The number of carbonyl (C=O) groups is 3. The van der Waals surface area contributed by atoms with Crippen LogP contribution in [0.25, 0.3) is 0 Å². The molecule has 1 saturated carbocycles. The summed E-state index contributed by atoms with van der Waals surface area (Å²) < 4.78 is 5.93. The van der Waals surface area contributed by atoms with Crippen LogP contribution in [0.4, 0.5) is 0 Å². The minimum atomic E-state index is -0.893. The number of ether oxygens (including phenoxy) is 1. The standard InChI is InChI=1S/C36H49Cl2N3O4S/c1-3-4-5-12-18-32(34(42)39-26-16-10-7-11-17-26)41-33(19-13-20-46-2)35(43)40-31(36(41)44)23-28-29(37)21-27(22-30(28)38)45-24-25-14-8-6-9-15-25/h6,8-9,14-15,21-22,26,31-33H,3-5,7,10-13,16-20,23-24H2,1-2H3,(H,39,42)(H,40,43)/t31-,32?,33-/m0/s1. The molecule has 0 bridgehead atoms. The average Bonchev–Trinajstić information content (AvgIpc) is 3.05. The van der Waals surface area contributed by atoms with Crippen molar-refractivity contribution in [2.75, 3.05) is 12.0 Å². The van der Waals surface area contributed by atoms with Gasteiger partial charge in [0, 0.05) is 22.5 Å². The highest BCUT2D eigenvalue weighted by Crippen LogP contribution is 2.33. The molecule has 0 spiro atoms. The van der Waals surface area contributed by atoms with E-state index in [-0.39, 0.29) is 30.2 Å². The predicted molar refractivity (Wildman–Crippen MR) is 189 cm³/mol. The minimum absolute atomic E-state index is 0.110. The molecule has 7 nitrogen and oxygen atoms in total. The van der Waals surface area contributed by atoms with Crippen LogP contribution >= 0.6 is 35.0 Å². The number of piperazine rings is 1. The Bertz CT molecular complexity index is 1270. The summed E-state index contributed by atoms with van der Waals surface area (Å²) >= 11 is 15.1. The third kappa shape index (κ3) is 10.3. The molecule has 1 unspecified atom stereocenters. The van der Waals surface area contributed by atoms with Gasteiger partial charge in [-0.3, -0.25) is 14.4 Å². The number of hydrogen-bond acceptors (Lipinski definition) is 5. The van der Waals surface area contributed by atoms with Gasteiger partial charge in [0.25, 0.3) is 0 Å². The van der Waals surface area contributed by atoms with Gasteiger partial charge in [-0.25, -0.2) is 0 Å². The molecule has 1 heterocycles. The lowest BCUT2D eigenvalue weighted by Crippen LogP contribution is -2.68. The van der Waals surface area contributed by atoms with Crippen LogP contribution in [0.1, 0.15) is 95.1 Å². The van der Waals surface area contributed by atoms with E-state index in [9.17, 15) is 14.4 Å². The molecule has 2 aliphatic rings. The molecule has 2 N–H and O–H groups in total. The van der Waals surface area contributed by atoms with Gasteiger partial charge in [0.05, 0.1) is 0 Å². The highest BCUT2D eigenvalue weighted by molar-refractivity contribution is 7.98. The summed E-state index contributed by atoms with van der Waals surface area (Å²) in [5.41, 5.74) is 1.57. The smallest absolute Gasteiger partial charge is 0.246 e. The molecule has 0 radical (unpaired) electrons. The molecular weight excluding hydrogens is 641 g/mol. The second-order valence-electron chi connectivity index (χ2n) is 12.5. The first-order valence-electron chi connectivity index (χ1n) is 16.9. The first-order valence-corrected chi connectivity index (χ1v) is 19.0. The maximum Gasteiger partial charge on any atom is 0.246 e. The monoisotopic (exact) mass is 689 g/mol. The normalized spacial score (nSPS) is 19.5. The topological polar surface area (TPSA) is 87.7 Å². The van der Waals surface area contributed by atoms with Crippen molar-refractivity contribution in [2.24, 2.45) is 0 Å². The van der Waals surface area contributed by atoms with E-state index in [2.05, 4.69) is 17.6 Å². The lowest BCUT2D eigenvalue weighted by molar-refractivity contribution is -0.156. The Morgan fingerprint density at radius 1 is 1.04 bits per heavy atom. The van der Waals surface area contributed by atoms with Crippen LogP contribution in [0, 0.1) is 0 Å². The zero-order chi connectivity index (χ0) is 32.9. The molecule has 1 aliphatic carbocycles. The zero-order valence-electron chi connectivity index (χ0n) is 27.2. The number of hydrogen-bond donors (Lipinski definition) is 2. The lowest BCUT2D eigenvalue weighted by atomic mass is 9.92. The summed E-state index contributed by atoms with van der Waals surface area (Å²) in [6.07, 6.45) is 13.1. The van der Waals surface area contributed by atoms with Gasteiger partial charge >= 0.3 is 0 Å². The van der Waals surface area contributed by atoms with Gasteiger partial charge < -0.3 is 20.3 Å². The Labute approximate surface area is 288 Å². The van der Waals surface area contributed by atoms with Gasteiger partial charge in [-0.05, 0) is 67.4 Å². The highest BCUT2D eigenvalue weighted by atomic mass is 35.5. The van der Waals surface area contributed by atoms with E-state index < -0.39 is 18.1 Å². The number of halogens is 2. The summed E-state index contributed by atoms with van der Waals surface area (Å²) in [7, 11) is 0. The van der Waals surface area contributed by atoms with Crippen molar-refractivity contribution in [3.63, 3.8) is 0 Å². The van der Waals surface area contributed by atoms with Crippen molar-refractivity contribution < 1.29 is 19.1 Å². The first kappa shape index (κ1) is 36.4. The molecule has 252 valence electrons. The molecule has 46 heavy (non-hydrogen) atoms. The largest absolute Gasteiger partial charge is 0.489 e. The first-order chi connectivity index (χ1) is 22.3. The molecule has 10 heteroatoms. The minimum Gasteiger partial charge on any atom is -0.489 e. The SMILES string of the molecule is CCCCCCC(C(=O)NC1CCCCC1)N1C(=O)[C@H](Cc2c(Cl)cc(OCc3ccccc3)cc2Cl)NC(=O)[C@@H]1CCCSC. The van der Waals surface area contributed by atoms with Gasteiger partial charge in [0.15, 0.2) is 0 Å². The Morgan fingerprint density at radius 2 is 1.76 bits per heavy atom. The van der Waals surface area contributed by atoms with Crippen LogP contribution in [0.15, 0.2) is 42.5 Å². The number of amides is 3. The fraction of sp³-hybridized carbons (Fsp3) is 0.583. The van der Waals surface area contributed by atoms with E-state index in [0.29, 0.717) is 40.8 Å². The van der Waals surface area contributed by atoms with Crippen LogP contribution in [0.3, 0.4) is 0 Å². The maximum atomic E-state index is 14.4. The van der Waals surface area contributed by atoms with Gasteiger partial charge in [-0.2, -0.15) is 11.8 Å². The number of nitrogens with one attached hydrogen (secondary N) is 2. The Hall–Kier alpha value is -2.42. The summed E-state index contributed by atoms with van der Waals surface area (Å²) in [6, 6.07) is 11.0. The molecule has 2 fully saturated rings. The summed E-state index contributed by atoms with van der Waals surface area (Å²) in [5, 5.41) is 6.96.